The van der Waals surface area contributed by atoms with Crippen molar-refractivity contribution in [1.82, 2.24) is 15.2 Å². The third-order valence-corrected chi connectivity index (χ3v) is 7.90. The summed E-state index contributed by atoms with van der Waals surface area (Å²) in [5.74, 6) is -1.70. The number of aliphatic carboxylic acids is 1. The Morgan fingerprint density at radius 1 is 0.804 bits per heavy atom. The molecule has 1 aliphatic heterocycles. The van der Waals surface area contributed by atoms with Gasteiger partial charge in [0.15, 0.2) is 0 Å². The number of nitrogens with one attached hydrogen (secondary N) is 2. The predicted octanol–water partition coefficient (Wildman–Crippen LogP) is 4.49. The maximum absolute atomic E-state index is 13.5. The molecule has 4 aromatic rings. The molecule has 0 radical (unpaired) electrons. The van der Waals surface area contributed by atoms with E-state index in [0.29, 0.717) is 43.9 Å². The van der Waals surface area contributed by atoms with E-state index in [1.165, 1.54) is 6.20 Å². The Hall–Kier alpha value is -5.51. The van der Waals surface area contributed by atoms with Gasteiger partial charge in [-0.1, -0.05) is 66.7 Å². The molecule has 0 spiro atoms. The lowest BCUT2D eigenvalue weighted by atomic mass is 10.0. The quantitative estimate of drug-likeness (QED) is 0.225. The van der Waals surface area contributed by atoms with Crippen LogP contribution in [0.15, 0.2) is 103 Å². The summed E-state index contributed by atoms with van der Waals surface area (Å²) in [6, 6.07) is 26.8. The van der Waals surface area contributed by atoms with Crippen LogP contribution in [0.4, 0.5) is 11.4 Å². The summed E-state index contributed by atoms with van der Waals surface area (Å²) in [7, 11) is 0. The number of carbonyl (C=O) groups excluding carboxylic acids is 3. The first-order valence-electron chi connectivity index (χ1n) is 15.3. The zero-order valence-electron chi connectivity index (χ0n) is 25.5. The average Bonchev–Trinajstić information content (AvgIpc) is 3.32. The number of nitrogens with zero attached hydrogens (tertiary/aromatic N) is 3. The molecule has 1 aromatic heterocycles. The van der Waals surface area contributed by atoms with Crippen LogP contribution in [0.2, 0.25) is 0 Å². The van der Waals surface area contributed by atoms with Gasteiger partial charge >= 0.3 is 5.97 Å². The fraction of sp³-hybridized carbons (Fsp3) is 0.250. The Kier molecular flexibility index (Phi) is 10.7. The minimum atomic E-state index is -1.06. The minimum Gasteiger partial charge on any atom is -0.481 e. The summed E-state index contributed by atoms with van der Waals surface area (Å²) in [6.07, 6.45) is 4.02. The van der Waals surface area contributed by atoms with Gasteiger partial charge in [0.05, 0.1) is 36.7 Å². The number of carboxylic acids is 1. The number of carboxylic acid groups (broad SMARTS) is 1. The van der Waals surface area contributed by atoms with Gasteiger partial charge in [-0.25, -0.2) is 0 Å². The average molecular weight is 620 g/mol. The molecule has 236 valence electrons. The highest BCUT2D eigenvalue weighted by atomic mass is 16.4. The smallest absolute Gasteiger partial charge is 0.305 e. The number of rotatable bonds is 11. The van der Waals surface area contributed by atoms with Crippen molar-refractivity contribution in [3.8, 4) is 0 Å². The Bertz CT molecular complexity index is 1650. The highest BCUT2D eigenvalue weighted by Gasteiger charge is 2.24. The van der Waals surface area contributed by atoms with Crippen LogP contribution >= 0.6 is 0 Å². The molecule has 1 atom stereocenters. The molecule has 1 saturated heterocycles. The molecule has 1 aliphatic rings. The highest BCUT2D eigenvalue weighted by Crippen LogP contribution is 2.29. The van der Waals surface area contributed by atoms with Crippen molar-refractivity contribution in [2.75, 3.05) is 36.4 Å². The lowest BCUT2D eigenvalue weighted by Crippen LogP contribution is -2.36. The fourth-order valence-corrected chi connectivity index (χ4v) is 5.57. The van der Waals surface area contributed by atoms with Crippen LogP contribution in [0.3, 0.4) is 0 Å². The lowest BCUT2D eigenvalue weighted by molar-refractivity contribution is -0.137. The summed E-state index contributed by atoms with van der Waals surface area (Å²) < 4.78 is 0. The van der Waals surface area contributed by atoms with Crippen molar-refractivity contribution in [2.45, 2.75) is 31.7 Å². The van der Waals surface area contributed by atoms with Gasteiger partial charge in [-0.15, -0.1) is 0 Å². The zero-order chi connectivity index (χ0) is 32.3. The molecule has 3 amide bonds. The molecule has 0 bridgehead atoms. The molecular formula is C36H37N5O5. The molecule has 3 N–H and O–H groups in total. The molecule has 1 unspecified atom stereocenters. The van der Waals surface area contributed by atoms with Crippen LogP contribution in [0, 0.1) is 0 Å². The monoisotopic (exact) mass is 619 g/mol. The standard InChI is InChI=1S/C36H37N5O5/c42-33(21-26-9-3-1-4-10-26)38-31-23-28(36(46)39-30(24-35(44)45)29-13-7-16-37-25-29)14-15-32(31)40-17-8-18-41(20-19-40)34(43)22-27-11-5-2-6-12-27/h1-7,9-16,23,25,30H,8,17-22,24H2,(H,38,42)(H,39,46)(H,44,45). The van der Waals surface area contributed by atoms with Crippen LogP contribution in [0.5, 0.6) is 0 Å². The number of carbonyl (C=O) groups is 4. The Labute approximate surface area is 268 Å². The number of amides is 3. The SMILES string of the molecule is O=C(O)CC(NC(=O)c1ccc(N2CCCN(C(=O)Cc3ccccc3)CC2)c(NC(=O)Cc2ccccc2)c1)c1cccnc1. The van der Waals surface area contributed by atoms with Gasteiger partial charge in [-0.3, -0.25) is 24.2 Å². The van der Waals surface area contributed by atoms with E-state index in [1.807, 2.05) is 65.6 Å². The van der Waals surface area contributed by atoms with E-state index in [1.54, 1.807) is 36.5 Å². The van der Waals surface area contributed by atoms with E-state index in [4.69, 9.17) is 0 Å². The van der Waals surface area contributed by atoms with Gasteiger partial charge < -0.3 is 25.5 Å². The number of pyridine rings is 1. The number of benzene rings is 3. The van der Waals surface area contributed by atoms with E-state index in [0.717, 1.165) is 23.2 Å². The van der Waals surface area contributed by atoms with E-state index in [-0.39, 0.29) is 30.2 Å². The zero-order valence-corrected chi connectivity index (χ0v) is 25.5. The number of hydrogen-bond donors (Lipinski definition) is 3. The summed E-state index contributed by atoms with van der Waals surface area (Å²) >= 11 is 0. The molecule has 1 fully saturated rings. The third-order valence-electron chi connectivity index (χ3n) is 7.90. The Balaban J connectivity index is 1.36. The molecular weight excluding hydrogens is 582 g/mol. The molecule has 2 heterocycles. The van der Waals surface area contributed by atoms with Gasteiger partial charge in [0.25, 0.3) is 5.91 Å². The number of aromatic nitrogens is 1. The molecule has 0 saturated carbocycles. The van der Waals surface area contributed by atoms with Gasteiger partial charge in [0.1, 0.15) is 0 Å². The van der Waals surface area contributed by atoms with Crippen molar-refractivity contribution in [3.05, 3.63) is 126 Å². The second-order valence-corrected chi connectivity index (χ2v) is 11.2. The van der Waals surface area contributed by atoms with Crippen molar-refractivity contribution in [3.63, 3.8) is 0 Å². The first-order valence-corrected chi connectivity index (χ1v) is 15.3. The van der Waals surface area contributed by atoms with Gasteiger partial charge in [-0.2, -0.15) is 0 Å². The van der Waals surface area contributed by atoms with E-state index in [2.05, 4.69) is 20.5 Å². The second-order valence-electron chi connectivity index (χ2n) is 11.2. The first kappa shape index (κ1) is 31.9. The van der Waals surface area contributed by atoms with Gasteiger partial charge in [-0.05, 0) is 47.4 Å². The van der Waals surface area contributed by atoms with Crippen LogP contribution < -0.4 is 15.5 Å². The number of anilines is 2. The molecule has 10 nitrogen and oxygen atoms in total. The molecule has 5 rings (SSSR count). The Morgan fingerprint density at radius 3 is 2.20 bits per heavy atom. The maximum atomic E-state index is 13.5. The van der Waals surface area contributed by atoms with Gasteiger partial charge in [0, 0.05) is 44.1 Å². The van der Waals surface area contributed by atoms with Crippen LogP contribution in [0.25, 0.3) is 0 Å². The van der Waals surface area contributed by atoms with Crippen molar-refractivity contribution < 1.29 is 24.3 Å². The van der Waals surface area contributed by atoms with Crippen molar-refractivity contribution in [2.24, 2.45) is 0 Å². The van der Waals surface area contributed by atoms with Crippen LogP contribution in [0.1, 0.15) is 45.9 Å². The summed E-state index contributed by atoms with van der Waals surface area (Å²) in [6.45, 7) is 2.35. The van der Waals surface area contributed by atoms with Gasteiger partial charge in [0.2, 0.25) is 11.8 Å². The van der Waals surface area contributed by atoms with Crippen LogP contribution in [-0.2, 0) is 27.2 Å². The lowest BCUT2D eigenvalue weighted by Gasteiger charge is -2.27. The normalized spacial score (nSPS) is 13.7. The summed E-state index contributed by atoms with van der Waals surface area (Å²) in [5, 5.41) is 15.3. The first-order chi connectivity index (χ1) is 22.4. The largest absolute Gasteiger partial charge is 0.481 e. The van der Waals surface area contributed by atoms with Crippen molar-refractivity contribution >= 4 is 35.1 Å². The van der Waals surface area contributed by atoms with E-state index >= 15 is 0 Å². The Morgan fingerprint density at radius 2 is 1.52 bits per heavy atom. The topological polar surface area (TPSA) is 132 Å². The van der Waals surface area contributed by atoms with E-state index in [9.17, 15) is 24.3 Å². The predicted molar refractivity (Wildman–Crippen MR) is 175 cm³/mol. The minimum absolute atomic E-state index is 0.0704. The van der Waals surface area contributed by atoms with Crippen molar-refractivity contribution in [1.29, 1.82) is 0 Å². The number of hydrogen-bond acceptors (Lipinski definition) is 6. The third kappa shape index (κ3) is 8.78. The van der Waals surface area contributed by atoms with Crippen LogP contribution in [-0.4, -0.2) is 64.9 Å². The summed E-state index contributed by atoms with van der Waals surface area (Å²) in [4.78, 5) is 59.4. The maximum Gasteiger partial charge on any atom is 0.305 e. The second kappa shape index (κ2) is 15.5. The molecule has 46 heavy (non-hydrogen) atoms. The molecule has 0 aliphatic carbocycles. The molecule has 10 heteroatoms. The molecule has 3 aromatic carbocycles. The fourth-order valence-electron chi connectivity index (χ4n) is 5.57. The highest BCUT2D eigenvalue weighted by molar-refractivity contribution is 6.00. The van der Waals surface area contributed by atoms with E-state index < -0.39 is 17.9 Å². The summed E-state index contributed by atoms with van der Waals surface area (Å²) in [5.41, 5.74) is 3.87.